The third-order valence-corrected chi connectivity index (χ3v) is 5.30. The molecule has 192 valence electrons. The van der Waals surface area contributed by atoms with Crippen LogP contribution in [0.2, 0.25) is 0 Å². The highest BCUT2D eigenvalue weighted by Crippen LogP contribution is 2.36. The molecule has 3 aromatic rings. The topological polar surface area (TPSA) is 65.3 Å². The number of nitrogens with one attached hydrogen (secondary N) is 1. The van der Waals surface area contributed by atoms with Crippen molar-refractivity contribution in [3.63, 3.8) is 0 Å². The van der Waals surface area contributed by atoms with Crippen LogP contribution in [0.3, 0.4) is 0 Å². The Hall–Kier alpha value is -3.60. The maximum absolute atomic E-state index is 13.1. The van der Waals surface area contributed by atoms with Crippen molar-refractivity contribution in [2.45, 2.75) is 31.3 Å². The van der Waals surface area contributed by atoms with Crippen LogP contribution >= 0.6 is 0 Å². The number of hydrogen-bond donors (Lipinski definition) is 1. The molecule has 0 aliphatic carbocycles. The summed E-state index contributed by atoms with van der Waals surface area (Å²) in [4.78, 5) is 12.3. The van der Waals surface area contributed by atoms with Crippen LogP contribution in [-0.4, -0.2) is 19.1 Å². The largest absolute Gasteiger partial charge is 0.618 e. The minimum absolute atomic E-state index is 0.0597. The third-order valence-electron chi connectivity index (χ3n) is 5.30. The standard InChI is InChI=1S/C25H22F6N2O3/c26-24(27,28)20-10-17(11-21(12-20)25(29,30)31)15-36-16-19(18-6-2-1-3-7-18)14-32-23(34)13-22-8-4-5-9-33(22)35/h1-12,19H,13-16H2,(H,32,34). The van der Waals surface area contributed by atoms with Crippen molar-refractivity contribution in [1.29, 1.82) is 0 Å². The van der Waals surface area contributed by atoms with E-state index in [0.717, 1.165) is 5.56 Å². The van der Waals surface area contributed by atoms with Gasteiger partial charge in [0.2, 0.25) is 11.6 Å². The van der Waals surface area contributed by atoms with Gasteiger partial charge in [-0.25, -0.2) is 0 Å². The maximum atomic E-state index is 13.1. The summed E-state index contributed by atoms with van der Waals surface area (Å²) in [7, 11) is 0. The summed E-state index contributed by atoms with van der Waals surface area (Å²) in [5.41, 5.74) is -2.13. The van der Waals surface area contributed by atoms with Gasteiger partial charge in [0.15, 0.2) is 6.20 Å². The summed E-state index contributed by atoms with van der Waals surface area (Å²) in [5.74, 6) is -0.877. The Balaban J connectivity index is 1.68. The first kappa shape index (κ1) is 27.0. The zero-order valence-corrected chi connectivity index (χ0v) is 18.8. The predicted molar refractivity (Wildman–Crippen MR) is 117 cm³/mol. The Bertz CT molecular complexity index is 1130. The second-order valence-electron chi connectivity index (χ2n) is 8.04. The van der Waals surface area contributed by atoms with Crippen molar-refractivity contribution in [2.24, 2.45) is 0 Å². The zero-order valence-electron chi connectivity index (χ0n) is 18.8. The molecule has 1 unspecified atom stereocenters. The van der Waals surface area contributed by atoms with Crippen LogP contribution in [0.4, 0.5) is 26.3 Å². The average Bonchev–Trinajstić information content (AvgIpc) is 2.82. The lowest BCUT2D eigenvalue weighted by atomic mass is 10.00. The van der Waals surface area contributed by atoms with E-state index in [2.05, 4.69) is 5.32 Å². The first-order valence-electron chi connectivity index (χ1n) is 10.8. The maximum Gasteiger partial charge on any atom is 0.416 e. The lowest BCUT2D eigenvalue weighted by molar-refractivity contribution is -0.613. The third kappa shape index (κ3) is 7.70. The van der Waals surface area contributed by atoms with Crippen LogP contribution in [0.15, 0.2) is 72.9 Å². The smallest absolute Gasteiger partial charge is 0.416 e. The number of ether oxygens (including phenoxy) is 1. The molecule has 1 aromatic heterocycles. The van der Waals surface area contributed by atoms with Crippen LogP contribution in [0.1, 0.15) is 33.9 Å². The van der Waals surface area contributed by atoms with E-state index >= 15 is 0 Å². The molecule has 3 rings (SSSR count). The fourth-order valence-electron chi connectivity index (χ4n) is 3.48. The predicted octanol–water partition coefficient (Wildman–Crippen LogP) is 5.02. The van der Waals surface area contributed by atoms with E-state index in [0.29, 0.717) is 16.9 Å². The second kappa shape index (κ2) is 11.4. The molecular formula is C25H22F6N2O3. The molecule has 2 aromatic carbocycles. The Morgan fingerprint density at radius 3 is 2.11 bits per heavy atom. The van der Waals surface area contributed by atoms with Crippen molar-refractivity contribution >= 4 is 5.91 Å². The number of carbonyl (C=O) groups excluding carboxylic acids is 1. The molecule has 36 heavy (non-hydrogen) atoms. The van der Waals surface area contributed by atoms with Crippen molar-refractivity contribution in [3.05, 3.63) is 106 Å². The molecule has 0 saturated carbocycles. The van der Waals surface area contributed by atoms with E-state index in [-0.39, 0.29) is 36.9 Å². The number of halogens is 6. The van der Waals surface area contributed by atoms with Gasteiger partial charge in [0, 0.05) is 24.6 Å². The fraction of sp³-hybridized carbons (Fsp3) is 0.280. The Morgan fingerprint density at radius 2 is 1.53 bits per heavy atom. The van der Waals surface area contributed by atoms with Crippen molar-refractivity contribution in [2.75, 3.05) is 13.2 Å². The molecule has 1 amide bonds. The van der Waals surface area contributed by atoms with Gasteiger partial charge >= 0.3 is 12.4 Å². The van der Waals surface area contributed by atoms with Gasteiger partial charge in [-0.1, -0.05) is 30.3 Å². The summed E-state index contributed by atoms with van der Waals surface area (Å²) >= 11 is 0. The molecule has 1 heterocycles. The quantitative estimate of drug-likeness (QED) is 0.249. The summed E-state index contributed by atoms with van der Waals surface area (Å²) < 4.78 is 84.6. The van der Waals surface area contributed by atoms with Gasteiger partial charge < -0.3 is 15.3 Å². The van der Waals surface area contributed by atoms with Gasteiger partial charge in [-0.15, -0.1) is 0 Å². The number of aromatic nitrogens is 1. The summed E-state index contributed by atoms with van der Waals surface area (Å²) in [6.07, 6.45) is -8.81. The number of pyridine rings is 1. The Kier molecular flexibility index (Phi) is 8.57. The van der Waals surface area contributed by atoms with Crippen molar-refractivity contribution < 1.29 is 40.6 Å². The van der Waals surface area contributed by atoms with Crippen molar-refractivity contribution in [3.8, 4) is 0 Å². The Morgan fingerprint density at radius 1 is 0.917 bits per heavy atom. The molecule has 0 aliphatic heterocycles. The van der Waals surface area contributed by atoms with E-state index in [1.807, 2.05) is 0 Å². The Labute approximate surface area is 202 Å². The average molecular weight is 512 g/mol. The fourth-order valence-corrected chi connectivity index (χ4v) is 3.48. The minimum atomic E-state index is -4.95. The summed E-state index contributed by atoms with van der Waals surface area (Å²) in [6.45, 7) is -0.510. The molecule has 0 fully saturated rings. The molecule has 0 bridgehead atoms. The lowest BCUT2D eigenvalue weighted by Crippen LogP contribution is -2.37. The molecule has 5 nitrogen and oxygen atoms in total. The molecule has 11 heteroatoms. The monoisotopic (exact) mass is 512 g/mol. The van der Waals surface area contributed by atoms with Gasteiger partial charge in [-0.3, -0.25) is 4.79 Å². The van der Waals surface area contributed by atoms with Crippen LogP contribution in [0, 0.1) is 5.21 Å². The number of benzene rings is 2. The van der Waals surface area contributed by atoms with E-state index in [4.69, 9.17) is 4.74 Å². The van der Waals surface area contributed by atoms with Gasteiger partial charge in [0.1, 0.15) is 6.42 Å². The normalized spacial score (nSPS) is 12.8. The van der Waals surface area contributed by atoms with E-state index in [1.54, 1.807) is 36.4 Å². The second-order valence-corrected chi connectivity index (χ2v) is 8.04. The molecule has 0 radical (unpaired) electrons. The first-order chi connectivity index (χ1) is 16.9. The first-order valence-corrected chi connectivity index (χ1v) is 10.8. The number of hydrogen-bond acceptors (Lipinski definition) is 3. The zero-order chi connectivity index (χ0) is 26.3. The molecular weight excluding hydrogens is 490 g/mol. The van der Waals surface area contributed by atoms with Gasteiger partial charge in [-0.05, 0) is 35.4 Å². The van der Waals surface area contributed by atoms with Crippen LogP contribution < -0.4 is 10.0 Å². The number of rotatable bonds is 9. The number of alkyl halides is 6. The van der Waals surface area contributed by atoms with E-state index < -0.39 is 41.9 Å². The highest BCUT2D eigenvalue weighted by molar-refractivity contribution is 5.77. The molecule has 0 saturated heterocycles. The van der Waals surface area contributed by atoms with Gasteiger partial charge in [0.25, 0.3) is 0 Å². The molecule has 0 aliphatic rings. The van der Waals surface area contributed by atoms with Gasteiger partial charge in [0.05, 0.1) is 24.3 Å². The molecule has 1 N–H and O–H groups in total. The molecule has 1 atom stereocenters. The number of nitrogens with zero attached hydrogens (tertiary/aromatic N) is 1. The van der Waals surface area contributed by atoms with Crippen LogP contribution in [0.25, 0.3) is 0 Å². The summed E-state index contributed by atoms with van der Waals surface area (Å²) in [5, 5.41) is 14.4. The van der Waals surface area contributed by atoms with Gasteiger partial charge in [-0.2, -0.15) is 31.1 Å². The van der Waals surface area contributed by atoms with Crippen molar-refractivity contribution in [1.82, 2.24) is 5.32 Å². The van der Waals surface area contributed by atoms with Crippen LogP contribution in [-0.2, 0) is 34.9 Å². The number of carbonyl (C=O) groups is 1. The lowest BCUT2D eigenvalue weighted by Gasteiger charge is -2.19. The molecule has 0 spiro atoms. The number of amides is 1. The summed E-state index contributed by atoms with van der Waals surface area (Å²) in [6, 6.07) is 14.7. The minimum Gasteiger partial charge on any atom is -0.618 e. The van der Waals surface area contributed by atoms with E-state index in [9.17, 15) is 36.3 Å². The van der Waals surface area contributed by atoms with E-state index in [1.165, 1.54) is 18.3 Å². The highest BCUT2D eigenvalue weighted by Gasteiger charge is 2.36. The highest BCUT2D eigenvalue weighted by atomic mass is 19.4. The van der Waals surface area contributed by atoms with Crippen LogP contribution in [0.5, 0.6) is 0 Å². The SMILES string of the molecule is O=C(Cc1cccc[n+]1[O-])NCC(COCc1cc(C(F)(F)F)cc(C(F)(F)F)c1)c1ccccc1.